The Morgan fingerprint density at radius 3 is 2.75 bits per heavy atom. The molecule has 1 heterocycles. The maximum atomic E-state index is 10.2. The van der Waals surface area contributed by atoms with E-state index >= 15 is 0 Å². The van der Waals surface area contributed by atoms with Crippen molar-refractivity contribution in [2.24, 2.45) is 0 Å². The Bertz CT molecular complexity index is 441. The molecule has 16 heavy (non-hydrogen) atoms. The van der Waals surface area contributed by atoms with Crippen LogP contribution in [-0.2, 0) is 6.54 Å². The number of hydrogen-bond acceptors (Lipinski definition) is 2. The van der Waals surface area contributed by atoms with Crippen LogP contribution in [-0.4, -0.2) is 20.5 Å². The monoisotopic (exact) mass is 236 g/mol. The van der Waals surface area contributed by atoms with Crippen molar-refractivity contribution in [3.05, 3.63) is 54.1 Å². The van der Waals surface area contributed by atoms with Gasteiger partial charge in [0.25, 0.3) is 0 Å². The first-order valence-electron chi connectivity index (χ1n) is 5.13. The Morgan fingerprint density at radius 1 is 1.31 bits per heavy atom. The standard InChI is InChI=1S/C12H13ClN2O/c13-6-8-15-9-7-14-12(15)11(16)10-4-2-1-3-5-10/h1-5,7,9,11,16H,6,8H2. The third-order valence-corrected chi connectivity index (χ3v) is 2.60. The van der Waals surface area contributed by atoms with Crippen LogP contribution in [0.1, 0.15) is 17.5 Å². The quantitative estimate of drug-likeness (QED) is 0.827. The van der Waals surface area contributed by atoms with E-state index in [1.165, 1.54) is 0 Å². The molecule has 0 saturated heterocycles. The van der Waals surface area contributed by atoms with Crippen molar-refractivity contribution < 1.29 is 5.11 Å². The number of aryl methyl sites for hydroxylation is 1. The molecule has 0 amide bonds. The lowest BCUT2D eigenvalue weighted by Crippen LogP contribution is -2.10. The fourth-order valence-corrected chi connectivity index (χ4v) is 1.82. The minimum Gasteiger partial charge on any atom is -0.380 e. The number of hydrogen-bond donors (Lipinski definition) is 1. The highest BCUT2D eigenvalue weighted by Crippen LogP contribution is 2.19. The van der Waals surface area contributed by atoms with Gasteiger partial charge in [0.15, 0.2) is 0 Å². The molecule has 1 aromatic heterocycles. The second kappa shape index (κ2) is 5.14. The fraction of sp³-hybridized carbons (Fsp3) is 0.250. The summed E-state index contributed by atoms with van der Waals surface area (Å²) in [5.41, 5.74) is 0.838. The normalized spacial score (nSPS) is 12.6. The van der Waals surface area contributed by atoms with Crippen molar-refractivity contribution in [3.8, 4) is 0 Å². The molecule has 1 atom stereocenters. The van der Waals surface area contributed by atoms with E-state index in [-0.39, 0.29) is 0 Å². The first kappa shape index (κ1) is 11.2. The number of imidazole rings is 1. The third-order valence-electron chi connectivity index (χ3n) is 2.43. The summed E-state index contributed by atoms with van der Waals surface area (Å²) in [6.07, 6.45) is 2.80. The molecular formula is C12H13ClN2O. The first-order chi connectivity index (χ1) is 7.83. The number of alkyl halides is 1. The molecule has 1 aromatic carbocycles. The van der Waals surface area contributed by atoms with Gasteiger partial charge in [-0.1, -0.05) is 30.3 Å². The Kier molecular flexibility index (Phi) is 3.59. The van der Waals surface area contributed by atoms with Gasteiger partial charge in [0.2, 0.25) is 0 Å². The van der Waals surface area contributed by atoms with Crippen LogP contribution in [0.15, 0.2) is 42.7 Å². The lowest BCUT2D eigenvalue weighted by molar-refractivity contribution is 0.205. The summed E-state index contributed by atoms with van der Waals surface area (Å²) in [7, 11) is 0. The highest BCUT2D eigenvalue weighted by Gasteiger charge is 2.15. The zero-order chi connectivity index (χ0) is 11.4. The van der Waals surface area contributed by atoms with Crippen molar-refractivity contribution in [2.75, 3.05) is 5.88 Å². The van der Waals surface area contributed by atoms with Gasteiger partial charge in [0, 0.05) is 24.8 Å². The number of aromatic nitrogens is 2. The summed E-state index contributed by atoms with van der Waals surface area (Å²) < 4.78 is 1.87. The lowest BCUT2D eigenvalue weighted by Gasteiger charge is -2.12. The van der Waals surface area contributed by atoms with E-state index in [1.807, 2.05) is 41.1 Å². The van der Waals surface area contributed by atoms with Gasteiger partial charge in [-0.3, -0.25) is 0 Å². The summed E-state index contributed by atoms with van der Waals surface area (Å²) in [6.45, 7) is 0.654. The molecule has 0 bridgehead atoms. The minimum absolute atomic E-state index is 0.505. The first-order valence-corrected chi connectivity index (χ1v) is 5.66. The fourth-order valence-electron chi connectivity index (χ4n) is 1.63. The molecule has 0 fully saturated rings. The van der Waals surface area contributed by atoms with Gasteiger partial charge in [-0.15, -0.1) is 11.6 Å². The van der Waals surface area contributed by atoms with Gasteiger partial charge < -0.3 is 9.67 Å². The van der Waals surface area contributed by atoms with Crippen molar-refractivity contribution in [1.29, 1.82) is 0 Å². The summed E-state index contributed by atoms with van der Waals surface area (Å²) >= 11 is 5.69. The predicted molar refractivity (Wildman–Crippen MR) is 63.5 cm³/mol. The summed E-state index contributed by atoms with van der Waals surface area (Å²) in [5.74, 6) is 1.14. The average molecular weight is 237 g/mol. The van der Waals surface area contributed by atoms with Crippen molar-refractivity contribution >= 4 is 11.6 Å². The molecule has 4 heteroatoms. The van der Waals surface area contributed by atoms with E-state index in [1.54, 1.807) is 6.20 Å². The molecule has 0 aliphatic rings. The van der Waals surface area contributed by atoms with E-state index in [0.29, 0.717) is 18.2 Å². The van der Waals surface area contributed by atoms with Crippen LogP contribution in [0.5, 0.6) is 0 Å². The van der Waals surface area contributed by atoms with Gasteiger partial charge in [0.1, 0.15) is 11.9 Å². The zero-order valence-corrected chi connectivity index (χ0v) is 9.51. The van der Waals surface area contributed by atoms with Crippen LogP contribution in [0.25, 0.3) is 0 Å². The topological polar surface area (TPSA) is 38.1 Å². The van der Waals surface area contributed by atoms with Crippen LogP contribution >= 0.6 is 11.6 Å². The van der Waals surface area contributed by atoms with Gasteiger partial charge in [-0.2, -0.15) is 0 Å². The molecule has 2 aromatic rings. The predicted octanol–water partition coefficient (Wildman–Crippen LogP) is 2.20. The molecule has 3 nitrogen and oxygen atoms in total. The number of benzene rings is 1. The number of aliphatic hydroxyl groups excluding tert-OH is 1. The molecule has 0 radical (unpaired) electrons. The second-order valence-corrected chi connectivity index (χ2v) is 3.86. The SMILES string of the molecule is OC(c1ccccc1)c1nccn1CCCl. The average Bonchev–Trinajstić information content (AvgIpc) is 2.78. The van der Waals surface area contributed by atoms with E-state index in [2.05, 4.69) is 4.98 Å². The Labute approximate surface area is 99.3 Å². The lowest BCUT2D eigenvalue weighted by atomic mass is 10.1. The summed E-state index contributed by atoms with van der Waals surface area (Å²) in [6, 6.07) is 9.47. The van der Waals surface area contributed by atoms with Crippen LogP contribution in [0.3, 0.4) is 0 Å². The number of aliphatic hydroxyl groups is 1. The van der Waals surface area contributed by atoms with E-state index in [9.17, 15) is 5.11 Å². The minimum atomic E-state index is -0.695. The third kappa shape index (κ3) is 2.26. The van der Waals surface area contributed by atoms with E-state index in [4.69, 9.17) is 11.6 Å². The van der Waals surface area contributed by atoms with Crippen LogP contribution in [0.4, 0.5) is 0 Å². The van der Waals surface area contributed by atoms with Crippen molar-refractivity contribution in [2.45, 2.75) is 12.6 Å². The summed E-state index contributed by atoms with van der Waals surface area (Å²) in [5, 5.41) is 10.2. The summed E-state index contributed by atoms with van der Waals surface area (Å²) in [4.78, 5) is 4.17. The number of nitrogens with zero attached hydrogens (tertiary/aromatic N) is 2. The van der Waals surface area contributed by atoms with Crippen LogP contribution in [0, 0.1) is 0 Å². The largest absolute Gasteiger partial charge is 0.380 e. The van der Waals surface area contributed by atoms with Gasteiger partial charge >= 0.3 is 0 Å². The smallest absolute Gasteiger partial charge is 0.142 e. The van der Waals surface area contributed by atoms with Crippen LogP contribution in [0.2, 0.25) is 0 Å². The van der Waals surface area contributed by atoms with Crippen molar-refractivity contribution in [1.82, 2.24) is 9.55 Å². The van der Waals surface area contributed by atoms with Crippen molar-refractivity contribution in [3.63, 3.8) is 0 Å². The number of halogens is 1. The maximum absolute atomic E-state index is 10.2. The van der Waals surface area contributed by atoms with E-state index < -0.39 is 6.10 Å². The second-order valence-electron chi connectivity index (χ2n) is 3.48. The molecule has 0 spiro atoms. The molecule has 0 aliphatic carbocycles. The molecule has 1 unspecified atom stereocenters. The molecule has 84 valence electrons. The molecular weight excluding hydrogens is 224 g/mol. The molecule has 1 N–H and O–H groups in total. The number of rotatable bonds is 4. The molecule has 2 rings (SSSR count). The van der Waals surface area contributed by atoms with Gasteiger partial charge in [0.05, 0.1) is 0 Å². The molecule has 0 aliphatic heterocycles. The van der Waals surface area contributed by atoms with Gasteiger partial charge in [-0.05, 0) is 5.56 Å². The zero-order valence-electron chi connectivity index (χ0n) is 8.75. The van der Waals surface area contributed by atoms with E-state index in [0.717, 1.165) is 5.56 Å². The van der Waals surface area contributed by atoms with Gasteiger partial charge in [-0.25, -0.2) is 4.98 Å². The Hall–Kier alpha value is -1.32. The Balaban J connectivity index is 2.27. The highest BCUT2D eigenvalue weighted by atomic mass is 35.5. The highest BCUT2D eigenvalue weighted by molar-refractivity contribution is 6.17. The maximum Gasteiger partial charge on any atom is 0.142 e. The molecule has 0 saturated carbocycles. The Morgan fingerprint density at radius 2 is 2.06 bits per heavy atom. The van der Waals surface area contributed by atoms with Crippen LogP contribution < -0.4 is 0 Å².